The lowest BCUT2D eigenvalue weighted by Crippen LogP contribution is -2.44. The fraction of sp³-hybridized carbons (Fsp3) is 0.538. The standard InChI is InChI=1S/C13H18N2O/c14-9-2-1-3-10(6-9)15-11-4-5-12(15)8-13(16)7-11/h1-3,6,11-13,16H,4-5,7-8,14H2. The molecule has 1 aromatic carbocycles. The predicted octanol–water partition coefficient (Wildman–Crippen LogP) is 1.76. The summed E-state index contributed by atoms with van der Waals surface area (Å²) in [6.45, 7) is 0. The van der Waals surface area contributed by atoms with Crippen LogP contribution in [0.1, 0.15) is 25.7 Å². The van der Waals surface area contributed by atoms with Gasteiger partial charge in [-0.25, -0.2) is 0 Å². The Bertz CT molecular complexity index is 379. The maximum absolute atomic E-state index is 9.76. The molecule has 2 atom stereocenters. The monoisotopic (exact) mass is 218 g/mol. The Kier molecular flexibility index (Phi) is 2.28. The first-order valence-corrected chi connectivity index (χ1v) is 6.06. The van der Waals surface area contributed by atoms with Gasteiger partial charge in [0, 0.05) is 23.5 Å². The summed E-state index contributed by atoms with van der Waals surface area (Å²) in [6.07, 6.45) is 4.12. The molecular formula is C13H18N2O. The minimum Gasteiger partial charge on any atom is -0.399 e. The van der Waals surface area contributed by atoms with E-state index in [4.69, 9.17) is 5.73 Å². The summed E-state index contributed by atoms with van der Waals surface area (Å²) in [5.74, 6) is 0. The molecule has 3 rings (SSSR count). The number of benzene rings is 1. The van der Waals surface area contributed by atoms with Gasteiger partial charge >= 0.3 is 0 Å². The Morgan fingerprint density at radius 3 is 2.50 bits per heavy atom. The second-order valence-corrected chi connectivity index (χ2v) is 5.01. The van der Waals surface area contributed by atoms with E-state index in [0.29, 0.717) is 12.1 Å². The lowest BCUT2D eigenvalue weighted by Gasteiger charge is -2.39. The largest absolute Gasteiger partial charge is 0.399 e. The summed E-state index contributed by atoms with van der Waals surface area (Å²) in [5.41, 5.74) is 7.87. The van der Waals surface area contributed by atoms with Crippen molar-refractivity contribution in [2.45, 2.75) is 43.9 Å². The number of piperidine rings is 1. The van der Waals surface area contributed by atoms with Gasteiger partial charge in [-0.15, -0.1) is 0 Å². The molecule has 2 fully saturated rings. The van der Waals surface area contributed by atoms with Crippen molar-refractivity contribution in [1.29, 1.82) is 0 Å². The van der Waals surface area contributed by atoms with Crippen molar-refractivity contribution < 1.29 is 5.11 Å². The van der Waals surface area contributed by atoms with E-state index in [2.05, 4.69) is 11.0 Å². The topological polar surface area (TPSA) is 49.5 Å². The zero-order valence-electron chi connectivity index (χ0n) is 9.34. The van der Waals surface area contributed by atoms with E-state index in [1.54, 1.807) is 0 Å². The highest BCUT2D eigenvalue weighted by molar-refractivity contribution is 5.58. The molecule has 2 saturated heterocycles. The molecule has 86 valence electrons. The van der Waals surface area contributed by atoms with Crippen LogP contribution in [-0.2, 0) is 0 Å². The Labute approximate surface area is 95.9 Å². The zero-order valence-corrected chi connectivity index (χ0v) is 9.34. The molecule has 0 amide bonds. The van der Waals surface area contributed by atoms with Crippen LogP contribution in [0.25, 0.3) is 0 Å². The van der Waals surface area contributed by atoms with E-state index >= 15 is 0 Å². The van der Waals surface area contributed by atoms with Crippen molar-refractivity contribution in [3.63, 3.8) is 0 Å². The SMILES string of the molecule is Nc1cccc(N2C3CCC2CC(O)C3)c1. The molecule has 0 aliphatic carbocycles. The molecule has 2 heterocycles. The summed E-state index contributed by atoms with van der Waals surface area (Å²) in [5, 5.41) is 9.76. The second-order valence-electron chi connectivity index (χ2n) is 5.01. The first-order valence-electron chi connectivity index (χ1n) is 6.06. The van der Waals surface area contributed by atoms with Crippen LogP contribution in [0, 0.1) is 0 Å². The number of aliphatic hydroxyl groups is 1. The van der Waals surface area contributed by atoms with Crippen molar-refractivity contribution in [2.75, 3.05) is 10.6 Å². The maximum Gasteiger partial charge on any atom is 0.0579 e. The summed E-state index contributed by atoms with van der Waals surface area (Å²) in [7, 11) is 0. The van der Waals surface area contributed by atoms with Gasteiger partial charge in [0.15, 0.2) is 0 Å². The molecule has 16 heavy (non-hydrogen) atoms. The van der Waals surface area contributed by atoms with Gasteiger partial charge in [0.1, 0.15) is 0 Å². The van der Waals surface area contributed by atoms with Crippen molar-refractivity contribution in [1.82, 2.24) is 0 Å². The molecule has 2 aliphatic rings. The molecule has 0 aromatic heterocycles. The first kappa shape index (κ1) is 9.97. The lowest BCUT2D eigenvalue weighted by atomic mass is 9.99. The van der Waals surface area contributed by atoms with Gasteiger partial charge in [0.25, 0.3) is 0 Å². The van der Waals surface area contributed by atoms with E-state index in [1.165, 1.54) is 18.5 Å². The predicted molar refractivity (Wildman–Crippen MR) is 65.4 cm³/mol. The van der Waals surface area contributed by atoms with Crippen molar-refractivity contribution >= 4 is 11.4 Å². The third kappa shape index (κ3) is 1.55. The van der Waals surface area contributed by atoms with Gasteiger partial charge in [-0.2, -0.15) is 0 Å². The number of nitrogens with two attached hydrogens (primary N) is 1. The van der Waals surface area contributed by atoms with Crippen LogP contribution in [-0.4, -0.2) is 23.3 Å². The van der Waals surface area contributed by atoms with E-state index < -0.39 is 0 Å². The Balaban J connectivity index is 1.91. The van der Waals surface area contributed by atoms with Gasteiger partial charge in [0.2, 0.25) is 0 Å². The molecule has 2 bridgehead atoms. The first-order chi connectivity index (χ1) is 7.74. The highest BCUT2D eigenvalue weighted by Crippen LogP contribution is 2.39. The van der Waals surface area contributed by atoms with Gasteiger partial charge in [-0.05, 0) is 43.9 Å². The van der Waals surface area contributed by atoms with E-state index in [9.17, 15) is 5.11 Å². The fourth-order valence-electron chi connectivity index (χ4n) is 3.26. The summed E-state index contributed by atoms with van der Waals surface area (Å²) in [6, 6.07) is 9.12. The summed E-state index contributed by atoms with van der Waals surface area (Å²) in [4.78, 5) is 2.46. The van der Waals surface area contributed by atoms with Crippen molar-refractivity contribution in [3.05, 3.63) is 24.3 Å². The van der Waals surface area contributed by atoms with Gasteiger partial charge in [-0.3, -0.25) is 0 Å². The average Bonchev–Trinajstić information content (AvgIpc) is 2.51. The maximum atomic E-state index is 9.76. The normalized spacial score (nSPS) is 33.1. The molecule has 3 N–H and O–H groups in total. The highest BCUT2D eigenvalue weighted by Gasteiger charge is 2.40. The van der Waals surface area contributed by atoms with Crippen LogP contribution in [0.3, 0.4) is 0 Å². The van der Waals surface area contributed by atoms with Crippen LogP contribution in [0.15, 0.2) is 24.3 Å². The molecule has 2 aliphatic heterocycles. The Morgan fingerprint density at radius 1 is 1.19 bits per heavy atom. The highest BCUT2D eigenvalue weighted by atomic mass is 16.3. The van der Waals surface area contributed by atoms with Crippen LogP contribution >= 0.6 is 0 Å². The summed E-state index contributed by atoms with van der Waals surface area (Å²) < 4.78 is 0. The number of rotatable bonds is 1. The van der Waals surface area contributed by atoms with Crippen LogP contribution in [0.4, 0.5) is 11.4 Å². The fourth-order valence-corrected chi connectivity index (χ4v) is 3.26. The average molecular weight is 218 g/mol. The molecule has 0 radical (unpaired) electrons. The number of nitrogens with zero attached hydrogens (tertiary/aromatic N) is 1. The third-order valence-corrected chi connectivity index (χ3v) is 3.88. The number of nitrogen functional groups attached to an aromatic ring is 1. The molecule has 0 saturated carbocycles. The third-order valence-electron chi connectivity index (χ3n) is 3.88. The van der Waals surface area contributed by atoms with E-state index in [-0.39, 0.29) is 6.10 Å². The number of fused-ring (bicyclic) bond motifs is 2. The van der Waals surface area contributed by atoms with Gasteiger partial charge in [0.05, 0.1) is 6.10 Å². The number of hydrogen-bond acceptors (Lipinski definition) is 3. The van der Waals surface area contributed by atoms with E-state index in [1.807, 2.05) is 18.2 Å². The van der Waals surface area contributed by atoms with E-state index in [0.717, 1.165) is 18.5 Å². The van der Waals surface area contributed by atoms with Crippen molar-refractivity contribution in [2.24, 2.45) is 0 Å². The van der Waals surface area contributed by atoms with Gasteiger partial charge < -0.3 is 15.7 Å². The number of hydrogen-bond donors (Lipinski definition) is 2. The quantitative estimate of drug-likeness (QED) is 0.706. The molecule has 1 aromatic rings. The lowest BCUT2D eigenvalue weighted by molar-refractivity contribution is 0.126. The molecule has 3 heteroatoms. The summed E-state index contributed by atoms with van der Waals surface area (Å²) >= 11 is 0. The van der Waals surface area contributed by atoms with Crippen molar-refractivity contribution in [3.8, 4) is 0 Å². The van der Waals surface area contributed by atoms with Crippen LogP contribution < -0.4 is 10.6 Å². The van der Waals surface area contributed by atoms with Crippen LogP contribution in [0.2, 0.25) is 0 Å². The number of aliphatic hydroxyl groups excluding tert-OH is 1. The van der Waals surface area contributed by atoms with Gasteiger partial charge in [-0.1, -0.05) is 6.07 Å². The Morgan fingerprint density at radius 2 is 1.88 bits per heavy atom. The Hall–Kier alpha value is -1.22. The molecular weight excluding hydrogens is 200 g/mol. The molecule has 2 unspecified atom stereocenters. The second kappa shape index (κ2) is 3.67. The zero-order chi connectivity index (χ0) is 11.1. The molecule has 3 nitrogen and oxygen atoms in total. The smallest absolute Gasteiger partial charge is 0.0579 e. The minimum absolute atomic E-state index is 0.102. The number of anilines is 2. The minimum atomic E-state index is -0.102. The molecule has 0 spiro atoms. The van der Waals surface area contributed by atoms with Crippen LogP contribution in [0.5, 0.6) is 0 Å².